The molecule has 0 fully saturated rings. The predicted octanol–water partition coefficient (Wildman–Crippen LogP) is 3.05. The van der Waals surface area contributed by atoms with Crippen molar-refractivity contribution in [3.8, 4) is 17.2 Å². The topological polar surface area (TPSA) is 48.0 Å². The lowest BCUT2D eigenvalue weighted by atomic mass is 10.1. The van der Waals surface area contributed by atoms with Crippen molar-refractivity contribution >= 4 is 5.91 Å². The number of halogens is 1. The van der Waals surface area contributed by atoms with Crippen LogP contribution in [0.15, 0.2) is 36.4 Å². The minimum absolute atomic E-state index is 0.141. The highest BCUT2D eigenvalue weighted by Crippen LogP contribution is 2.38. The number of likely N-dealkylation sites (N-methyl/N-ethyl adjacent to an activating group) is 1. The van der Waals surface area contributed by atoms with Gasteiger partial charge in [0.2, 0.25) is 11.7 Å². The summed E-state index contributed by atoms with van der Waals surface area (Å²) in [4.78, 5) is 14.0. The van der Waals surface area contributed by atoms with Crippen molar-refractivity contribution < 1.29 is 23.4 Å². The molecule has 0 heterocycles. The number of ether oxygens (including phenoxy) is 3. The number of hydrogen-bond acceptors (Lipinski definition) is 4. The van der Waals surface area contributed by atoms with Crippen molar-refractivity contribution in [3.63, 3.8) is 0 Å². The molecule has 2 aromatic carbocycles. The van der Waals surface area contributed by atoms with Crippen LogP contribution >= 0.6 is 0 Å². The smallest absolute Gasteiger partial charge is 0.227 e. The quantitative estimate of drug-likeness (QED) is 0.772. The molecule has 0 radical (unpaired) electrons. The van der Waals surface area contributed by atoms with E-state index >= 15 is 0 Å². The Morgan fingerprint density at radius 1 is 1.04 bits per heavy atom. The maximum absolute atomic E-state index is 13.7. The maximum Gasteiger partial charge on any atom is 0.227 e. The van der Waals surface area contributed by atoms with Crippen LogP contribution in [0.4, 0.5) is 4.39 Å². The Labute approximate surface area is 146 Å². The van der Waals surface area contributed by atoms with Crippen molar-refractivity contribution in [2.45, 2.75) is 13.0 Å². The summed E-state index contributed by atoms with van der Waals surface area (Å²) in [6.07, 6.45) is 0.141. The van der Waals surface area contributed by atoms with Crippen molar-refractivity contribution in [2.75, 3.05) is 28.4 Å². The molecule has 0 aliphatic carbocycles. The number of benzene rings is 2. The summed E-state index contributed by atoms with van der Waals surface area (Å²) in [5.74, 6) is 0.983. The van der Waals surface area contributed by atoms with Gasteiger partial charge in [-0.25, -0.2) is 4.39 Å². The second-order valence-electron chi connectivity index (χ2n) is 5.55. The molecule has 6 heteroatoms. The Morgan fingerprint density at radius 2 is 1.64 bits per heavy atom. The van der Waals surface area contributed by atoms with Gasteiger partial charge in [-0.15, -0.1) is 0 Å². The predicted molar refractivity (Wildman–Crippen MR) is 92.7 cm³/mol. The fourth-order valence-electron chi connectivity index (χ4n) is 2.52. The van der Waals surface area contributed by atoms with Gasteiger partial charge >= 0.3 is 0 Å². The Hall–Kier alpha value is -2.76. The summed E-state index contributed by atoms with van der Waals surface area (Å²) < 4.78 is 29.6. The number of amides is 1. The molecule has 2 rings (SSSR count). The van der Waals surface area contributed by atoms with E-state index in [1.165, 1.54) is 32.3 Å². The van der Waals surface area contributed by atoms with Crippen molar-refractivity contribution in [3.05, 3.63) is 53.3 Å². The molecule has 0 aromatic heterocycles. The molecule has 0 N–H and O–H groups in total. The zero-order valence-corrected chi connectivity index (χ0v) is 14.8. The Kier molecular flexibility index (Phi) is 6.22. The first-order valence-corrected chi connectivity index (χ1v) is 7.76. The van der Waals surface area contributed by atoms with Crippen LogP contribution in [0.1, 0.15) is 11.1 Å². The van der Waals surface area contributed by atoms with Crippen LogP contribution in [0.3, 0.4) is 0 Å². The number of carbonyl (C=O) groups is 1. The van der Waals surface area contributed by atoms with Crippen molar-refractivity contribution in [1.82, 2.24) is 4.90 Å². The molecule has 0 aliphatic rings. The third-order valence-corrected chi connectivity index (χ3v) is 3.87. The molecule has 0 aliphatic heterocycles. The maximum atomic E-state index is 13.7. The Bertz CT molecular complexity index is 723. The van der Waals surface area contributed by atoms with Crippen LogP contribution in [0.25, 0.3) is 0 Å². The van der Waals surface area contributed by atoms with Gasteiger partial charge in [-0.3, -0.25) is 4.79 Å². The highest BCUT2D eigenvalue weighted by Gasteiger charge is 2.17. The minimum atomic E-state index is -0.324. The SMILES string of the molecule is COc1cc(CC(=O)N(C)Cc2ccccc2F)cc(OC)c1OC. The molecule has 0 bridgehead atoms. The van der Waals surface area contributed by atoms with Crippen LogP contribution < -0.4 is 14.2 Å². The zero-order valence-electron chi connectivity index (χ0n) is 14.8. The van der Waals surface area contributed by atoms with E-state index < -0.39 is 0 Å². The lowest BCUT2D eigenvalue weighted by Crippen LogP contribution is -2.28. The van der Waals surface area contributed by atoms with E-state index in [4.69, 9.17) is 14.2 Å². The molecule has 2 aromatic rings. The van der Waals surface area contributed by atoms with Gasteiger partial charge in [0, 0.05) is 19.2 Å². The average Bonchev–Trinajstić information content (AvgIpc) is 2.62. The molecule has 25 heavy (non-hydrogen) atoms. The first-order valence-electron chi connectivity index (χ1n) is 7.76. The van der Waals surface area contributed by atoms with Gasteiger partial charge in [-0.1, -0.05) is 18.2 Å². The first kappa shape index (κ1) is 18.6. The van der Waals surface area contributed by atoms with Gasteiger partial charge < -0.3 is 19.1 Å². The summed E-state index contributed by atoms with van der Waals surface area (Å²) in [7, 11) is 6.21. The van der Waals surface area contributed by atoms with E-state index in [-0.39, 0.29) is 24.7 Å². The molecule has 0 saturated carbocycles. The molecule has 0 unspecified atom stereocenters. The summed E-state index contributed by atoms with van der Waals surface area (Å²) in [6.45, 7) is 0.204. The molecular weight excluding hydrogens is 325 g/mol. The van der Waals surface area contributed by atoms with Crippen LogP contribution in [0, 0.1) is 5.82 Å². The number of carbonyl (C=O) groups excluding carboxylic acids is 1. The molecule has 0 saturated heterocycles. The van der Waals surface area contributed by atoms with E-state index in [0.717, 1.165) is 5.56 Å². The number of nitrogens with zero attached hydrogens (tertiary/aromatic N) is 1. The van der Waals surface area contributed by atoms with Gasteiger partial charge in [-0.05, 0) is 23.8 Å². The molecule has 0 spiro atoms. The molecule has 0 atom stereocenters. The van der Waals surface area contributed by atoms with Crippen LogP contribution in [-0.2, 0) is 17.8 Å². The van der Waals surface area contributed by atoms with E-state index in [0.29, 0.717) is 22.8 Å². The van der Waals surface area contributed by atoms with Crippen molar-refractivity contribution in [2.24, 2.45) is 0 Å². The summed E-state index contributed by atoms with van der Waals surface area (Å²) in [5.41, 5.74) is 1.20. The summed E-state index contributed by atoms with van der Waals surface area (Å²) >= 11 is 0. The van der Waals surface area contributed by atoms with Gasteiger partial charge in [0.05, 0.1) is 27.8 Å². The first-order chi connectivity index (χ1) is 12.0. The zero-order chi connectivity index (χ0) is 18.4. The van der Waals surface area contributed by atoms with E-state index in [9.17, 15) is 9.18 Å². The standard InChI is InChI=1S/C19H22FNO4/c1-21(12-14-7-5-6-8-15(14)20)18(22)11-13-9-16(23-2)19(25-4)17(10-13)24-3/h5-10H,11-12H2,1-4H3. The third-order valence-electron chi connectivity index (χ3n) is 3.87. The van der Waals surface area contributed by atoms with Crippen molar-refractivity contribution in [1.29, 1.82) is 0 Å². The lowest BCUT2D eigenvalue weighted by Gasteiger charge is -2.19. The Balaban J connectivity index is 2.15. The number of rotatable bonds is 7. The van der Waals surface area contributed by atoms with E-state index in [1.807, 2.05) is 0 Å². The second-order valence-corrected chi connectivity index (χ2v) is 5.55. The van der Waals surface area contributed by atoms with Crippen LogP contribution in [0.5, 0.6) is 17.2 Å². The van der Waals surface area contributed by atoms with Crippen LogP contribution in [0.2, 0.25) is 0 Å². The monoisotopic (exact) mass is 347 g/mol. The number of hydrogen-bond donors (Lipinski definition) is 0. The molecule has 5 nitrogen and oxygen atoms in total. The van der Waals surface area contributed by atoms with Gasteiger partial charge in [0.1, 0.15) is 5.82 Å². The van der Waals surface area contributed by atoms with Crippen LogP contribution in [-0.4, -0.2) is 39.2 Å². The lowest BCUT2D eigenvalue weighted by molar-refractivity contribution is -0.129. The van der Waals surface area contributed by atoms with Gasteiger partial charge in [0.25, 0.3) is 0 Å². The van der Waals surface area contributed by atoms with Gasteiger partial charge in [0.15, 0.2) is 11.5 Å². The fraction of sp³-hybridized carbons (Fsp3) is 0.316. The largest absolute Gasteiger partial charge is 0.493 e. The van der Waals surface area contributed by atoms with E-state index in [2.05, 4.69) is 0 Å². The molecule has 134 valence electrons. The highest BCUT2D eigenvalue weighted by atomic mass is 19.1. The molecular formula is C19H22FNO4. The third kappa shape index (κ3) is 4.41. The fourth-order valence-corrected chi connectivity index (χ4v) is 2.52. The Morgan fingerprint density at radius 3 is 2.16 bits per heavy atom. The average molecular weight is 347 g/mol. The number of methoxy groups -OCH3 is 3. The summed E-state index contributed by atoms with van der Waals surface area (Å²) in [5, 5.41) is 0. The summed E-state index contributed by atoms with van der Waals surface area (Å²) in [6, 6.07) is 9.88. The highest BCUT2D eigenvalue weighted by molar-refractivity contribution is 5.79. The van der Waals surface area contributed by atoms with Gasteiger partial charge in [-0.2, -0.15) is 0 Å². The normalized spacial score (nSPS) is 10.3. The van der Waals surface area contributed by atoms with E-state index in [1.54, 1.807) is 37.4 Å². The second kappa shape index (κ2) is 8.37. The molecule has 1 amide bonds. The minimum Gasteiger partial charge on any atom is -0.493 e.